The Labute approximate surface area is 266 Å². The molecule has 3 fully saturated rings. The molecule has 0 aromatic heterocycles. The maximum absolute atomic E-state index is 13.8. The molecule has 4 aliphatic rings. The van der Waals surface area contributed by atoms with Crippen LogP contribution in [0.3, 0.4) is 0 Å². The highest BCUT2D eigenvalue weighted by atomic mass is 35.5. The van der Waals surface area contributed by atoms with Crippen molar-refractivity contribution in [3.05, 3.63) is 76.0 Å². The van der Waals surface area contributed by atoms with Crippen molar-refractivity contribution in [2.75, 3.05) is 26.8 Å². The van der Waals surface area contributed by atoms with Crippen LogP contribution in [-0.2, 0) is 20.7 Å². The zero-order valence-electron chi connectivity index (χ0n) is 25.8. The smallest absolute Gasteiger partial charge is 0.251 e. The van der Waals surface area contributed by atoms with Crippen LogP contribution in [0.15, 0.2) is 64.9 Å². The molecule has 3 unspecified atom stereocenters. The minimum atomic E-state index is -0.928. The highest BCUT2D eigenvalue weighted by Crippen LogP contribution is 2.38. The lowest BCUT2D eigenvalue weighted by molar-refractivity contribution is -0.136. The van der Waals surface area contributed by atoms with Gasteiger partial charge in [0, 0.05) is 41.3 Å². The number of ether oxygens (including phenoxy) is 1. The minimum absolute atomic E-state index is 0.00211. The summed E-state index contributed by atoms with van der Waals surface area (Å²) >= 11 is 6.38. The van der Waals surface area contributed by atoms with Crippen molar-refractivity contribution in [3.8, 4) is 0 Å². The maximum Gasteiger partial charge on any atom is 0.251 e. The van der Waals surface area contributed by atoms with Gasteiger partial charge in [0.25, 0.3) is 5.91 Å². The van der Waals surface area contributed by atoms with Crippen molar-refractivity contribution in [2.24, 2.45) is 11.8 Å². The zero-order valence-corrected chi connectivity index (χ0v) is 26.6. The van der Waals surface area contributed by atoms with E-state index in [1.165, 1.54) is 12.7 Å². The summed E-state index contributed by atoms with van der Waals surface area (Å²) in [7, 11) is 1.49. The molecular weight excluding hydrogens is 576 g/mol. The zero-order chi connectivity index (χ0) is 31.1. The molecule has 236 valence electrons. The van der Waals surface area contributed by atoms with Crippen molar-refractivity contribution in [1.82, 2.24) is 20.9 Å². The number of halogens is 1. The molecule has 2 heterocycles. The van der Waals surface area contributed by atoms with Gasteiger partial charge in [0.05, 0.1) is 6.61 Å². The number of nitrogens with one attached hydrogen (secondary N) is 3. The second-order valence-electron chi connectivity index (χ2n) is 12.6. The second kappa shape index (κ2) is 15.2. The average Bonchev–Trinajstić information content (AvgIpc) is 3.15. The molecule has 0 bridgehead atoms. The monoisotopic (exact) mass is 620 g/mol. The van der Waals surface area contributed by atoms with E-state index in [-0.39, 0.29) is 36.4 Å². The van der Waals surface area contributed by atoms with E-state index in [9.17, 15) is 14.4 Å². The van der Waals surface area contributed by atoms with Gasteiger partial charge in [-0.1, -0.05) is 42.7 Å². The van der Waals surface area contributed by atoms with Crippen LogP contribution < -0.4 is 16.0 Å². The summed E-state index contributed by atoms with van der Waals surface area (Å²) in [5.74, 6) is -0.0723. The van der Waals surface area contributed by atoms with Gasteiger partial charge in [-0.15, -0.1) is 5.73 Å². The van der Waals surface area contributed by atoms with E-state index in [1.807, 2.05) is 60.4 Å². The van der Waals surface area contributed by atoms with Crippen LogP contribution in [0.1, 0.15) is 67.8 Å². The van der Waals surface area contributed by atoms with Gasteiger partial charge in [-0.3, -0.25) is 14.4 Å². The van der Waals surface area contributed by atoms with Gasteiger partial charge < -0.3 is 25.6 Å². The van der Waals surface area contributed by atoms with E-state index in [1.54, 1.807) is 0 Å². The minimum Gasteiger partial charge on any atom is -0.382 e. The SMILES string of the molecule is COC[C@@H](NC(=O)c1ccc(CC2CCNCC2)cc1)C(=O)NC1CC(C)N(C2CCCC[C@@H]2C2=C=CC=CC(Cl)=C2)C1=O. The van der Waals surface area contributed by atoms with Crippen LogP contribution in [0.25, 0.3) is 0 Å². The lowest BCUT2D eigenvalue weighted by atomic mass is 9.78. The van der Waals surface area contributed by atoms with Gasteiger partial charge in [0.15, 0.2) is 0 Å². The van der Waals surface area contributed by atoms with Gasteiger partial charge in [0.1, 0.15) is 12.1 Å². The second-order valence-corrected chi connectivity index (χ2v) is 13.0. The molecule has 5 atom stereocenters. The molecule has 2 aliphatic carbocycles. The first-order chi connectivity index (χ1) is 21.3. The average molecular weight is 621 g/mol. The summed E-state index contributed by atoms with van der Waals surface area (Å²) in [6, 6.07) is 5.99. The maximum atomic E-state index is 13.8. The number of rotatable bonds is 10. The van der Waals surface area contributed by atoms with Crippen LogP contribution >= 0.6 is 11.6 Å². The largest absolute Gasteiger partial charge is 0.382 e. The number of nitrogens with zero attached hydrogens (tertiary/aromatic N) is 1. The number of amides is 3. The quantitative estimate of drug-likeness (QED) is 0.337. The summed E-state index contributed by atoms with van der Waals surface area (Å²) in [6.07, 6.45) is 15.4. The Morgan fingerprint density at radius 3 is 2.64 bits per heavy atom. The van der Waals surface area contributed by atoms with E-state index in [0.717, 1.165) is 63.6 Å². The van der Waals surface area contributed by atoms with Crippen molar-refractivity contribution < 1.29 is 19.1 Å². The van der Waals surface area contributed by atoms with E-state index < -0.39 is 18.0 Å². The number of piperidine rings is 1. The normalized spacial score (nSPS) is 26.5. The summed E-state index contributed by atoms with van der Waals surface area (Å²) in [6.45, 7) is 4.15. The molecule has 3 amide bonds. The topological polar surface area (TPSA) is 99.8 Å². The van der Waals surface area contributed by atoms with Crippen LogP contribution in [0.2, 0.25) is 0 Å². The molecule has 5 rings (SSSR count). The molecule has 44 heavy (non-hydrogen) atoms. The lowest BCUT2D eigenvalue weighted by Crippen LogP contribution is -2.54. The molecule has 1 aromatic carbocycles. The molecule has 2 aliphatic heterocycles. The standard InChI is InChI=1S/C35H45ClN4O4/c1-23-19-30(35(43)40(23)32-10-6-5-9-29(32)27-7-3-4-8-28(36)21-27)38-34(42)31(22-44-2)39-33(41)26-13-11-24(12-14-26)20-25-15-17-37-18-16-25/h3-4,8,11-14,21,23,25,29-32,37H,5-6,9-10,15-20,22H2,1-2H3,(H,38,42)(H,39,41)/t23?,29-,30?,31-,32?/m1/s1. The molecule has 9 heteroatoms. The number of carbonyl (C=O) groups excluding carboxylic acids is 3. The van der Waals surface area contributed by atoms with E-state index in [2.05, 4.69) is 21.7 Å². The highest BCUT2D eigenvalue weighted by Gasteiger charge is 2.45. The Hall–Kier alpha value is -3.16. The fraction of sp³-hybridized carbons (Fsp3) is 0.543. The number of benzene rings is 1. The molecular formula is C35H45ClN4O4. The lowest BCUT2D eigenvalue weighted by Gasteiger charge is -2.40. The van der Waals surface area contributed by atoms with Gasteiger partial charge in [-0.2, -0.15) is 0 Å². The predicted octanol–water partition coefficient (Wildman–Crippen LogP) is 4.41. The van der Waals surface area contributed by atoms with E-state index in [0.29, 0.717) is 22.9 Å². The predicted molar refractivity (Wildman–Crippen MR) is 172 cm³/mol. The number of carbonyl (C=O) groups is 3. The molecule has 3 N–H and O–H groups in total. The molecule has 8 nitrogen and oxygen atoms in total. The molecule has 2 saturated heterocycles. The van der Waals surface area contributed by atoms with Gasteiger partial charge in [0.2, 0.25) is 11.8 Å². The number of likely N-dealkylation sites (tertiary alicyclic amines) is 1. The third-order valence-corrected chi connectivity index (χ3v) is 9.69. The summed E-state index contributed by atoms with van der Waals surface area (Å²) in [5.41, 5.74) is 6.08. The van der Waals surface area contributed by atoms with Gasteiger partial charge in [-0.05, 0) is 100 Å². The Morgan fingerprint density at radius 2 is 1.89 bits per heavy atom. The number of methoxy groups -OCH3 is 1. The van der Waals surface area contributed by atoms with Crippen molar-refractivity contribution >= 4 is 29.3 Å². The Bertz CT molecular complexity index is 1330. The summed E-state index contributed by atoms with van der Waals surface area (Å²) < 4.78 is 5.28. The first-order valence-corrected chi connectivity index (χ1v) is 16.4. The summed E-state index contributed by atoms with van der Waals surface area (Å²) in [5, 5.41) is 9.80. The molecule has 0 radical (unpaired) electrons. The van der Waals surface area contributed by atoms with Crippen molar-refractivity contribution in [2.45, 2.75) is 82.5 Å². The first kappa shape index (κ1) is 32.2. The van der Waals surface area contributed by atoms with Crippen LogP contribution in [0.4, 0.5) is 0 Å². The number of allylic oxidation sites excluding steroid dienone is 4. The van der Waals surface area contributed by atoms with E-state index >= 15 is 0 Å². The fourth-order valence-corrected chi connectivity index (χ4v) is 7.37. The van der Waals surface area contributed by atoms with Crippen LogP contribution in [-0.4, -0.2) is 73.6 Å². The first-order valence-electron chi connectivity index (χ1n) is 16.1. The number of hydrogen-bond acceptors (Lipinski definition) is 5. The Kier molecular flexibility index (Phi) is 11.2. The van der Waals surface area contributed by atoms with Crippen molar-refractivity contribution in [3.63, 3.8) is 0 Å². The van der Waals surface area contributed by atoms with Crippen LogP contribution in [0, 0.1) is 11.8 Å². The Morgan fingerprint density at radius 1 is 1.14 bits per heavy atom. The van der Waals surface area contributed by atoms with Gasteiger partial charge >= 0.3 is 0 Å². The van der Waals surface area contributed by atoms with Crippen LogP contribution in [0.5, 0.6) is 0 Å². The third kappa shape index (κ3) is 7.91. The molecule has 1 saturated carbocycles. The number of hydrogen-bond donors (Lipinski definition) is 3. The summed E-state index contributed by atoms with van der Waals surface area (Å²) in [4.78, 5) is 42.3. The highest BCUT2D eigenvalue weighted by molar-refractivity contribution is 6.31. The Balaban J connectivity index is 1.21. The third-order valence-electron chi connectivity index (χ3n) is 9.46. The van der Waals surface area contributed by atoms with E-state index in [4.69, 9.17) is 16.3 Å². The molecule has 0 spiro atoms. The fourth-order valence-electron chi connectivity index (χ4n) is 7.18. The van der Waals surface area contributed by atoms with Crippen molar-refractivity contribution in [1.29, 1.82) is 0 Å². The van der Waals surface area contributed by atoms with Gasteiger partial charge in [-0.25, -0.2) is 0 Å². The molecule has 1 aromatic rings.